The summed E-state index contributed by atoms with van der Waals surface area (Å²) >= 11 is 0. The summed E-state index contributed by atoms with van der Waals surface area (Å²) in [4.78, 5) is 0. The van der Waals surface area contributed by atoms with Crippen molar-refractivity contribution < 1.29 is 0 Å². The maximum absolute atomic E-state index is 5.11. The lowest BCUT2D eigenvalue weighted by Crippen LogP contribution is -2.06. The molecule has 0 spiro atoms. The van der Waals surface area contributed by atoms with Crippen LogP contribution in [-0.2, 0) is 0 Å². The van der Waals surface area contributed by atoms with Gasteiger partial charge in [-0.2, -0.15) is 0 Å². The zero-order valence-electron chi connectivity index (χ0n) is 14.6. The molecule has 1 nitrogen and oxygen atoms in total. The van der Waals surface area contributed by atoms with Crippen molar-refractivity contribution in [1.29, 1.82) is 0 Å². The molecule has 3 radical (unpaired) electrons. The van der Waals surface area contributed by atoms with Crippen LogP contribution in [0.2, 0.25) is 0 Å². The van der Waals surface area contributed by atoms with E-state index in [4.69, 9.17) is 5.73 Å². The Balaban J connectivity index is -0.000000107. The number of benzene rings is 1. The molecule has 0 saturated heterocycles. The molecule has 0 aromatic heterocycles. The lowest BCUT2D eigenvalue weighted by molar-refractivity contribution is 0.834. The lowest BCUT2D eigenvalue weighted by atomic mass is 10.0. The monoisotopic (exact) mass is 264 g/mol. The summed E-state index contributed by atoms with van der Waals surface area (Å²) < 4.78 is 0. The Bertz CT molecular complexity index is 237. The van der Waals surface area contributed by atoms with Gasteiger partial charge in [-0.1, -0.05) is 85.2 Å². The minimum Gasteiger partial charge on any atom is -0.328 e. The molecule has 0 unspecified atom stereocenters. The Morgan fingerprint density at radius 2 is 1.05 bits per heavy atom. The van der Waals surface area contributed by atoms with Crippen LogP contribution in [-0.4, -0.2) is 14.5 Å². The second kappa shape index (κ2) is 19.6. The van der Waals surface area contributed by atoms with Crippen molar-refractivity contribution in [2.75, 3.05) is 0 Å². The van der Waals surface area contributed by atoms with E-state index >= 15 is 0 Å². The first kappa shape index (κ1) is 26.7. The van der Waals surface area contributed by atoms with Crippen molar-refractivity contribution in [2.24, 2.45) is 5.73 Å². The van der Waals surface area contributed by atoms with Crippen molar-refractivity contribution in [2.45, 2.75) is 74.3 Å². The Labute approximate surface area is 124 Å². The standard InChI is InChI=1S/C10H14.C3H9N.2C2H6.B/c1-8(2)10-6-4-9(3)5-7-10;1-3(2)4;2*1-2;/h4-8H,1-3H3;3H,4H2,1-2H3;2*1-2H3;. The van der Waals surface area contributed by atoms with Crippen molar-refractivity contribution >= 4 is 8.41 Å². The fourth-order valence-corrected chi connectivity index (χ4v) is 0.951. The van der Waals surface area contributed by atoms with Gasteiger partial charge in [-0.05, 0) is 24.4 Å². The van der Waals surface area contributed by atoms with Crippen LogP contribution in [0.25, 0.3) is 0 Å². The fourth-order valence-electron chi connectivity index (χ4n) is 0.951. The number of nitrogens with two attached hydrogens (primary N) is 1. The highest BCUT2D eigenvalue weighted by Crippen LogP contribution is 2.13. The molecule has 0 aliphatic rings. The predicted octanol–water partition coefficient (Wildman–Crippen LogP) is 5.14. The average Bonchev–Trinajstić information content (AvgIpc) is 2.34. The SMILES string of the molecule is CC.CC.CC(C)N.Cc1ccc(C(C)C)cc1.[B]. The second-order valence-electron chi connectivity index (χ2n) is 4.31. The van der Waals surface area contributed by atoms with Crippen LogP contribution in [0, 0.1) is 6.92 Å². The van der Waals surface area contributed by atoms with E-state index in [0.717, 1.165) is 0 Å². The van der Waals surface area contributed by atoms with Gasteiger partial charge in [0.05, 0.1) is 0 Å². The molecule has 1 rings (SSSR count). The molecule has 19 heavy (non-hydrogen) atoms. The van der Waals surface area contributed by atoms with E-state index in [1.807, 2.05) is 41.5 Å². The van der Waals surface area contributed by atoms with Crippen LogP contribution in [0.15, 0.2) is 24.3 Å². The van der Waals surface area contributed by atoms with E-state index in [-0.39, 0.29) is 8.41 Å². The molecular weight excluding hydrogens is 229 g/mol. The smallest absolute Gasteiger partial charge is 0 e. The van der Waals surface area contributed by atoms with E-state index < -0.39 is 0 Å². The molecule has 0 amide bonds. The van der Waals surface area contributed by atoms with E-state index in [1.54, 1.807) is 0 Å². The molecule has 2 N–H and O–H groups in total. The fraction of sp³-hybridized carbons (Fsp3) is 0.647. The number of hydrogen-bond donors (Lipinski definition) is 1. The Morgan fingerprint density at radius 3 is 1.26 bits per heavy atom. The highest BCUT2D eigenvalue weighted by molar-refractivity contribution is 5.75. The van der Waals surface area contributed by atoms with Gasteiger partial charge in [0.15, 0.2) is 0 Å². The third kappa shape index (κ3) is 22.8. The van der Waals surface area contributed by atoms with E-state index in [2.05, 4.69) is 45.0 Å². The molecule has 0 saturated carbocycles. The molecule has 111 valence electrons. The van der Waals surface area contributed by atoms with Crippen LogP contribution in [0.3, 0.4) is 0 Å². The maximum Gasteiger partial charge on any atom is 0 e. The van der Waals surface area contributed by atoms with E-state index in [1.165, 1.54) is 11.1 Å². The van der Waals surface area contributed by atoms with Gasteiger partial charge in [-0.3, -0.25) is 0 Å². The summed E-state index contributed by atoms with van der Waals surface area (Å²) in [7, 11) is 0. The second-order valence-corrected chi connectivity index (χ2v) is 4.31. The van der Waals surface area contributed by atoms with Gasteiger partial charge in [0, 0.05) is 8.41 Å². The first-order valence-corrected chi connectivity index (χ1v) is 7.25. The van der Waals surface area contributed by atoms with Crippen molar-refractivity contribution in [1.82, 2.24) is 0 Å². The van der Waals surface area contributed by atoms with Gasteiger partial charge in [-0.25, -0.2) is 0 Å². The Kier molecular flexibility index (Phi) is 27.6. The minimum atomic E-state index is 0. The van der Waals surface area contributed by atoms with Crippen LogP contribution in [0.4, 0.5) is 0 Å². The molecule has 0 atom stereocenters. The van der Waals surface area contributed by atoms with Gasteiger partial charge in [-0.15, -0.1) is 0 Å². The summed E-state index contributed by atoms with van der Waals surface area (Å²) in [6.07, 6.45) is 0. The van der Waals surface area contributed by atoms with Crippen molar-refractivity contribution in [3.05, 3.63) is 35.4 Å². The van der Waals surface area contributed by atoms with Crippen LogP contribution in [0.1, 0.15) is 72.4 Å². The average molecular weight is 264 g/mol. The van der Waals surface area contributed by atoms with Crippen molar-refractivity contribution in [3.63, 3.8) is 0 Å². The van der Waals surface area contributed by atoms with Gasteiger partial charge in [0.1, 0.15) is 0 Å². The molecule has 0 bridgehead atoms. The predicted molar refractivity (Wildman–Crippen MR) is 93.0 cm³/mol. The third-order valence-corrected chi connectivity index (χ3v) is 1.74. The number of hydrogen-bond acceptors (Lipinski definition) is 1. The quantitative estimate of drug-likeness (QED) is 0.698. The molecular formula is C17H35BN. The molecule has 1 aromatic rings. The van der Waals surface area contributed by atoms with Gasteiger partial charge in [0.25, 0.3) is 0 Å². The van der Waals surface area contributed by atoms with Crippen LogP contribution < -0.4 is 5.73 Å². The molecule has 0 aliphatic heterocycles. The van der Waals surface area contributed by atoms with Crippen LogP contribution in [0.5, 0.6) is 0 Å². The minimum absolute atomic E-state index is 0. The van der Waals surface area contributed by atoms with E-state index in [0.29, 0.717) is 12.0 Å². The zero-order chi connectivity index (χ0) is 15.1. The highest BCUT2D eigenvalue weighted by Gasteiger charge is 1.95. The van der Waals surface area contributed by atoms with Crippen LogP contribution >= 0.6 is 0 Å². The lowest BCUT2D eigenvalue weighted by Gasteiger charge is -2.03. The maximum atomic E-state index is 5.11. The first-order chi connectivity index (χ1) is 8.43. The summed E-state index contributed by atoms with van der Waals surface area (Å²) in [5.41, 5.74) is 7.87. The molecule has 0 aliphatic carbocycles. The summed E-state index contributed by atoms with van der Waals surface area (Å²) in [6, 6.07) is 9.05. The van der Waals surface area contributed by atoms with Crippen molar-refractivity contribution in [3.8, 4) is 0 Å². The van der Waals surface area contributed by atoms with Gasteiger partial charge in [0.2, 0.25) is 0 Å². The number of rotatable bonds is 1. The topological polar surface area (TPSA) is 26.0 Å². The molecule has 0 fully saturated rings. The zero-order valence-corrected chi connectivity index (χ0v) is 14.6. The highest BCUT2D eigenvalue weighted by atomic mass is 14.6. The Hall–Kier alpha value is -0.755. The van der Waals surface area contributed by atoms with Gasteiger partial charge >= 0.3 is 0 Å². The largest absolute Gasteiger partial charge is 0.328 e. The first-order valence-electron chi connectivity index (χ1n) is 7.25. The summed E-state index contributed by atoms with van der Waals surface area (Å²) in [5, 5.41) is 0. The Morgan fingerprint density at radius 1 is 0.789 bits per heavy atom. The summed E-state index contributed by atoms with van der Waals surface area (Å²) in [6.45, 7) is 18.4. The molecule has 2 heteroatoms. The number of aryl methyl sites for hydroxylation is 1. The molecule has 0 heterocycles. The normalized spacial score (nSPS) is 8.00. The summed E-state index contributed by atoms with van der Waals surface area (Å²) in [5.74, 6) is 0.653. The molecule has 1 aromatic carbocycles. The van der Waals surface area contributed by atoms with E-state index in [9.17, 15) is 0 Å². The van der Waals surface area contributed by atoms with Gasteiger partial charge < -0.3 is 5.73 Å². The third-order valence-electron chi connectivity index (χ3n) is 1.74.